The first-order chi connectivity index (χ1) is 12.8. The number of nitrogens with zero attached hydrogens (tertiary/aromatic N) is 2. The van der Waals surface area contributed by atoms with Gasteiger partial charge in [0.2, 0.25) is 5.91 Å². The summed E-state index contributed by atoms with van der Waals surface area (Å²) in [4.78, 5) is 14.6. The quantitative estimate of drug-likeness (QED) is 0.881. The summed E-state index contributed by atoms with van der Waals surface area (Å²) in [7, 11) is 0. The predicted octanol–water partition coefficient (Wildman–Crippen LogP) is 3.74. The van der Waals surface area contributed by atoms with E-state index < -0.39 is 0 Å². The van der Waals surface area contributed by atoms with E-state index in [2.05, 4.69) is 59.9 Å². The summed E-state index contributed by atoms with van der Waals surface area (Å²) in [6.45, 7) is 1.51. The Kier molecular flexibility index (Phi) is 6.15. The van der Waals surface area contributed by atoms with E-state index in [4.69, 9.17) is 0 Å². The minimum absolute atomic E-state index is 0. The number of hydrogen-bond donors (Lipinski definition) is 1. The third kappa shape index (κ3) is 3.85. The highest BCUT2D eigenvalue weighted by atomic mass is 35.5. The third-order valence-electron chi connectivity index (χ3n) is 5.60. The van der Waals surface area contributed by atoms with Crippen molar-refractivity contribution in [1.82, 2.24) is 10.2 Å². The van der Waals surface area contributed by atoms with Gasteiger partial charge in [0.25, 0.3) is 0 Å². The zero-order valence-electron chi connectivity index (χ0n) is 15.2. The molecule has 2 aliphatic rings. The van der Waals surface area contributed by atoms with Crippen molar-refractivity contribution in [2.75, 3.05) is 13.1 Å². The number of carbonyl (C=O) groups is 1. The van der Waals surface area contributed by atoms with E-state index in [-0.39, 0.29) is 30.4 Å². The van der Waals surface area contributed by atoms with Crippen molar-refractivity contribution in [2.45, 2.75) is 37.3 Å². The molecule has 1 N–H and O–H groups in total. The highest BCUT2D eigenvalue weighted by Crippen LogP contribution is 2.34. The number of carbonyl (C=O) groups excluding carboxylic acids is 1. The van der Waals surface area contributed by atoms with E-state index in [1.54, 1.807) is 4.90 Å². The monoisotopic (exact) mass is 381 g/mol. The Bertz CT molecular complexity index is 833. The number of likely N-dealkylation sites (tertiary alicyclic amines) is 1. The normalized spacial score (nSPS) is 24.3. The smallest absolute Gasteiger partial charge is 0.240 e. The molecule has 0 bridgehead atoms. The second-order valence-corrected chi connectivity index (χ2v) is 7.17. The molecule has 2 saturated heterocycles. The lowest BCUT2D eigenvalue weighted by molar-refractivity contribution is -0.133. The van der Waals surface area contributed by atoms with Gasteiger partial charge in [-0.1, -0.05) is 54.6 Å². The maximum absolute atomic E-state index is 12.9. The fourth-order valence-corrected chi connectivity index (χ4v) is 4.26. The number of halogens is 1. The fourth-order valence-electron chi connectivity index (χ4n) is 4.26. The molecule has 5 heteroatoms. The van der Waals surface area contributed by atoms with E-state index in [1.165, 1.54) is 16.7 Å². The first-order valence-electron chi connectivity index (χ1n) is 9.36. The fraction of sp³-hybridized carbons (Fsp3) is 0.364. The molecule has 0 radical (unpaired) electrons. The summed E-state index contributed by atoms with van der Waals surface area (Å²) < 4.78 is 0. The Balaban J connectivity index is 0.00000210. The zero-order chi connectivity index (χ0) is 17.9. The summed E-state index contributed by atoms with van der Waals surface area (Å²) >= 11 is 0. The van der Waals surface area contributed by atoms with Crippen molar-refractivity contribution in [3.8, 4) is 17.2 Å². The van der Waals surface area contributed by atoms with Crippen LogP contribution in [-0.2, 0) is 4.79 Å². The van der Waals surface area contributed by atoms with Crippen LogP contribution in [0.4, 0.5) is 0 Å². The standard InChI is InChI=1S/C22H23N3O.ClH/c23-14-18-9-6-12-25(18)22(26)21-13-17(15-24-21)20-11-5-4-10-19(20)16-7-2-1-3-8-16;/h1-5,7-8,10-11,17-18,21,24H,6,9,12-13,15H2;1H/t17-,18-,21-;/m0./s1. The molecule has 2 aliphatic heterocycles. The van der Waals surface area contributed by atoms with Gasteiger partial charge in [-0.15, -0.1) is 12.4 Å². The van der Waals surface area contributed by atoms with E-state index in [1.807, 2.05) is 6.07 Å². The molecule has 2 aromatic carbocycles. The van der Waals surface area contributed by atoms with Gasteiger partial charge < -0.3 is 10.2 Å². The van der Waals surface area contributed by atoms with Gasteiger partial charge in [0.1, 0.15) is 6.04 Å². The molecule has 0 aromatic heterocycles. The van der Waals surface area contributed by atoms with Crippen LogP contribution in [0.25, 0.3) is 11.1 Å². The van der Waals surface area contributed by atoms with Gasteiger partial charge in [-0.05, 0) is 41.9 Å². The SMILES string of the molecule is Cl.N#C[C@@H]1CCCN1C(=O)[C@@H]1C[C@H](c2ccccc2-c2ccccc2)CN1. The Morgan fingerprint density at radius 1 is 1.11 bits per heavy atom. The molecule has 4 rings (SSSR count). The maximum atomic E-state index is 12.9. The van der Waals surface area contributed by atoms with Gasteiger partial charge in [-0.25, -0.2) is 0 Å². The second kappa shape index (κ2) is 8.56. The molecule has 2 heterocycles. The molecule has 1 amide bonds. The van der Waals surface area contributed by atoms with Crippen LogP contribution in [0.5, 0.6) is 0 Å². The molecule has 2 aromatic rings. The molecule has 140 valence electrons. The van der Waals surface area contributed by atoms with Crippen molar-refractivity contribution in [3.63, 3.8) is 0 Å². The molecule has 27 heavy (non-hydrogen) atoms. The first-order valence-corrected chi connectivity index (χ1v) is 9.36. The second-order valence-electron chi connectivity index (χ2n) is 7.17. The number of nitriles is 1. The van der Waals surface area contributed by atoms with Gasteiger partial charge in [-0.3, -0.25) is 4.79 Å². The van der Waals surface area contributed by atoms with Crippen LogP contribution < -0.4 is 5.32 Å². The number of nitrogens with one attached hydrogen (secondary N) is 1. The summed E-state index contributed by atoms with van der Waals surface area (Å²) in [6.07, 6.45) is 2.52. The Morgan fingerprint density at radius 2 is 1.85 bits per heavy atom. The molecular weight excluding hydrogens is 358 g/mol. The van der Waals surface area contributed by atoms with E-state index >= 15 is 0 Å². The van der Waals surface area contributed by atoms with Gasteiger partial charge in [0.15, 0.2) is 0 Å². The lowest BCUT2D eigenvalue weighted by Gasteiger charge is -2.23. The first kappa shape index (κ1) is 19.4. The maximum Gasteiger partial charge on any atom is 0.240 e. The Hall–Kier alpha value is -2.35. The van der Waals surface area contributed by atoms with E-state index in [0.29, 0.717) is 12.5 Å². The lowest BCUT2D eigenvalue weighted by atomic mass is 9.89. The van der Waals surface area contributed by atoms with E-state index in [0.717, 1.165) is 25.8 Å². The highest BCUT2D eigenvalue weighted by Gasteiger charge is 2.37. The molecular formula is C22H24ClN3O. The summed E-state index contributed by atoms with van der Waals surface area (Å²) in [6, 6.07) is 20.7. The van der Waals surface area contributed by atoms with Crippen molar-refractivity contribution < 1.29 is 4.79 Å². The molecule has 0 unspecified atom stereocenters. The Morgan fingerprint density at radius 3 is 2.63 bits per heavy atom. The third-order valence-corrected chi connectivity index (χ3v) is 5.60. The number of amides is 1. The topological polar surface area (TPSA) is 56.1 Å². The van der Waals surface area contributed by atoms with Crippen molar-refractivity contribution in [2.24, 2.45) is 0 Å². The molecule has 2 fully saturated rings. The van der Waals surface area contributed by atoms with Crippen molar-refractivity contribution in [3.05, 3.63) is 60.2 Å². The minimum atomic E-state index is -0.250. The van der Waals surface area contributed by atoms with Crippen LogP contribution in [0, 0.1) is 11.3 Å². The summed E-state index contributed by atoms with van der Waals surface area (Å²) in [5.74, 6) is 0.400. The Labute approximate surface area is 166 Å². The molecule has 0 spiro atoms. The highest BCUT2D eigenvalue weighted by molar-refractivity contribution is 5.85. The number of benzene rings is 2. The molecule has 0 aliphatic carbocycles. The van der Waals surface area contributed by atoms with Crippen LogP contribution in [0.1, 0.15) is 30.7 Å². The van der Waals surface area contributed by atoms with Gasteiger partial charge in [0, 0.05) is 13.1 Å². The van der Waals surface area contributed by atoms with Crippen molar-refractivity contribution in [1.29, 1.82) is 5.26 Å². The number of hydrogen-bond acceptors (Lipinski definition) is 3. The van der Waals surface area contributed by atoms with Gasteiger partial charge in [-0.2, -0.15) is 5.26 Å². The van der Waals surface area contributed by atoms with Crippen molar-refractivity contribution >= 4 is 18.3 Å². The van der Waals surface area contributed by atoms with Gasteiger partial charge >= 0.3 is 0 Å². The van der Waals surface area contributed by atoms with Crippen LogP contribution in [0.2, 0.25) is 0 Å². The van der Waals surface area contributed by atoms with E-state index in [9.17, 15) is 10.1 Å². The predicted molar refractivity (Wildman–Crippen MR) is 109 cm³/mol. The van der Waals surface area contributed by atoms with Crippen LogP contribution in [-0.4, -0.2) is 36.0 Å². The number of rotatable bonds is 3. The van der Waals surface area contributed by atoms with Gasteiger partial charge in [0.05, 0.1) is 12.1 Å². The lowest BCUT2D eigenvalue weighted by Crippen LogP contribution is -2.45. The van der Waals surface area contributed by atoms with Crippen LogP contribution in [0.3, 0.4) is 0 Å². The van der Waals surface area contributed by atoms with Crippen LogP contribution >= 0.6 is 12.4 Å². The average molecular weight is 382 g/mol. The van der Waals surface area contributed by atoms with Crippen LogP contribution in [0.15, 0.2) is 54.6 Å². The summed E-state index contributed by atoms with van der Waals surface area (Å²) in [5, 5.41) is 12.7. The average Bonchev–Trinajstić information content (AvgIpc) is 3.37. The molecule has 0 saturated carbocycles. The molecule has 4 nitrogen and oxygen atoms in total. The minimum Gasteiger partial charge on any atom is -0.325 e. The largest absolute Gasteiger partial charge is 0.325 e. The zero-order valence-corrected chi connectivity index (χ0v) is 16.0. The molecule has 3 atom stereocenters. The summed E-state index contributed by atoms with van der Waals surface area (Å²) in [5.41, 5.74) is 3.74.